The van der Waals surface area contributed by atoms with Crippen LogP contribution in [0.25, 0.3) is 17.2 Å². The summed E-state index contributed by atoms with van der Waals surface area (Å²) < 4.78 is 0. The number of rotatable bonds is 4. The summed E-state index contributed by atoms with van der Waals surface area (Å²) in [5, 5.41) is 3.03. The Morgan fingerprint density at radius 1 is 0.933 bits per heavy atom. The highest BCUT2D eigenvalue weighted by molar-refractivity contribution is 5.93. The van der Waals surface area contributed by atoms with Gasteiger partial charge in [-0.15, -0.1) is 0 Å². The zero-order valence-corrected chi connectivity index (χ0v) is 17.1. The van der Waals surface area contributed by atoms with Crippen LogP contribution in [0.1, 0.15) is 36.1 Å². The predicted octanol–water partition coefficient (Wildman–Crippen LogP) is 5.56. The first-order valence-corrected chi connectivity index (χ1v) is 10.0. The van der Waals surface area contributed by atoms with E-state index in [4.69, 9.17) is 0 Å². The minimum atomic E-state index is -0.312. The monoisotopic (exact) mass is 396 g/mol. The number of amides is 2. The van der Waals surface area contributed by atoms with Gasteiger partial charge in [0.25, 0.3) is 0 Å². The van der Waals surface area contributed by atoms with Gasteiger partial charge in [-0.1, -0.05) is 60.7 Å². The highest BCUT2D eigenvalue weighted by Gasteiger charge is 2.28. The molecule has 1 aliphatic heterocycles. The van der Waals surface area contributed by atoms with Gasteiger partial charge in [-0.2, -0.15) is 0 Å². The van der Waals surface area contributed by atoms with Crippen LogP contribution in [0.3, 0.4) is 0 Å². The van der Waals surface area contributed by atoms with Crippen molar-refractivity contribution in [1.29, 1.82) is 0 Å². The van der Waals surface area contributed by atoms with E-state index in [2.05, 4.69) is 23.5 Å². The fourth-order valence-electron chi connectivity index (χ4n) is 3.90. The number of hydrogen-bond acceptors (Lipinski definition) is 2. The second kappa shape index (κ2) is 8.37. The Morgan fingerprint density at radius 3 is 2.40 bits per heavy atom. The Balaban J connectivity index is 1.53. The molecule has 0 aliphatic carbocycles. The van der Waals surface area contributed by atoms with E-state index in [0.29, 0.717) is 0 Å². The SMILES string of the molecule is CC(=O)N1C=Cc2ccccc2C1CC(=O)Nc1ccc(-c2ccccc2)cc1C. The highest BCUT2D eigenvalue weighted by Crippen LogP contribution is 2.33. The Kier molecular flexibility index (Phi) is 5.48. The second-order valence-corrected chi connectivity index (χ2v) is 7.53. The van der Waals surface area contributed by atoms with Crippen molar-refractivity contribution in [3.63, 3.8) is 0 Å². The fourth-order valence-corrected chi connectivity index (χ4v) is 3.90. The van der Waals surface area contributed by atoms with E-state index < -0.39 is 0 Å². The molecule has 4 heteroatoms. The van der Waals surface area contributed by atoms with E-state index in [1.807, 2.05) is 67.6 Å². The van der Waals surface area contributed by atoms with Crippen molar-refractivity contribution in [3.8, 4) is 11.1 Å². The summed E-state index contributed by atoms with van der Waals surface area (Å²) >= 11 is 0. The average Bonchev–Trinajstić information content (AvgIpc) is 2.76. The number of nitrogens with zero attached hydrogens (tertiary/aromatic N) is 1. The number of carbonyl (C=O) groups is 2. The maximum atomic E-state index is 12.9. The molecule has 150 valence electrons. The maximum absolute atomic E-state index is 12.9. The first kappa shape index (κ1) is 19.6. The molecule has 4 nitrogen and oxygen atoms in total. The third-order valence-electron chi connectivity index (χ3n) is 5.46. The third-order valence-corrected chi connectivity index (χ3v) is 5.46. The van der Waals surface area contributed by atoms with Crippen molar-refractivity contribution in [2.75, 3.05) is 5.32 Å². The maximum Gasteiger partial charge on any atom is 0.226 e. The number of benzene rings is 3. The number of hydrogen-bond donors (Lipinski definition) is 1. The van der Waals surface area contributed by atoms with E-state index >= 15 is 0 Å². The van der Waals surface area contributed by atoms with Gasteiger partial charge in [0.15, 0.2) is 0 Å². The van der Waals surface area contributed by atoms with Crippen molar-refractivity contribution in [3.05, 3.63) is 95.7 Å². The Labute approximate surface area is 176 Å². The van der Waals surface area contributed by atoms with Crippen LogP contribution >= 0.6 is 0 Å². The lowest BCUT2D eigenvalue weighted by molar-refractivity contribution is -0.129. The van der Waals surface area contributed by atoms with Crippen molar-refractivity contribution in [1.82, 2.24) is 4.90 Å². The van der Waals surface area contributed by atoms with Crippen LogP contribution in [0.2, 0.25) is 0 Å². The van der Waals surface area contributed by atoms with Crippen molar-refractivity contribution >= 4 is 23.6 Å². The standard InChI is InChI=1S/C26H24N2O2/c1-18-16-22(20-8-4-3-5-9-20)12-13-24(18)27-26(30)17-25-23-11-7-6-10-21(23)14-15-28(25)19(2)29/h3-16,25H,17H2,1-2H3,(H,27,30). The number of aryl methyl sites for hydroxylation is 1. The molecule has 0 saturated heterocycles. The van der Waals surface area contributed by atoms with Crippen LogP contribution in [-0.4, -0.2) is 16.7 Å². The molecular formula is C26H24N2O2. The van der Waals surface area contributed by atoms with E-state index in [1.54, 1.807) is 11.1 Å². The van der Waals surface area contributed by atoms with Gasteiger partial charge in [-0.05, 0) is 52.9 Å². The average molecular weight is 396 g/mol. The Hall–Kier alpha value is -3.66. The lowest BCUT2D eigenvalue weighted by Gasteiger charge is -2.32. The smallest absolute Gasteiger partial charge is 0.226 e. The van der Waals surface area contributed by atoms with Crippen LogP contribution in [0.4, 0.5) is 5.69 Å². The summed E-state index contributed by atoms with van der Waals surface area (Å²) in [5.74, 6) is -0.200. The quantitative estimate of drug-likeness (QED) is 0.627. The molecule has 1 atom stereocenters. The normalized spacial score (nSPS) is 14.9. The van der Waals surface area contributed by atoms with Gasteiger partial charge in [0.05, 0.1) is 12.5 Å². The summed E-state index contributed by atoms with van der Waals surface area (Å²) in [6.07, 6.45) is 3.88. The van der Waals surface area contributed by atoms with Crippen molar-refractivity contribution in [2.24, 2.45) is 0 Å². The minimum absolute atomic E-state index is 0.0815. The summed E-state index contributed by atoms with van der Waals surface area (Å²) in [7, 11) is 0. The van der Waals surface area contributed by atoms with Gasteiger partial charge in [0.1, 0.15) is 0 Å². The molecular weight excluding hydrogens is 372 g/mol. The zero-order chi connectivity index (χ0) is 21.1. The number of carbonyl (C=O) groups excluding carboxylic acids is 2. The molecule has 0 bridgehead atoms. The minimum Gasteiger partial charge on any atom is -0.326 e. The van der Waals surface area contributed by atoms with E-state index in [-0.39, 0.29) is 24.3 Å². The predicted molar refractivity (Wildman–Crippen MR) is 121 cm³/mol. The molecule has 0 spiro atoms. The lowest BCUT2D eigenvalue weighted by Crippen LogP contribution is -2.33. The summed E-state index contributed by atoms with van der Waals surface area (Å²) in [4.78, 5) is 26.7. The molecule has 0 radical (unpaired) electrons. The fraction of sp³-hybridized carbons (Fsp3) is 0.154. The second-order valence-electron chi connectivity index (χ2n) is 7.53. The Bertz CT molecular complexity index is 1120. The zero-order valence-electron chi connectivity index (χ0n) is 17.1. The molecule has 1 aliphatic rings. The van der Waals surface area contributed by atoms with Crippen LogP contribution in [0, 0.1) is 6.92 Å². The largest absolute Gasteiger partial charge is 0.326 e. The van der Waals surface area contributed by atoms with Crippen LogP contribution in [0.5, 0.6) is 0 Å². The molecule has 4 rings (SSSR count). The van der Waals surface area contributed by atoms with Gasteiger partial charge < -0.3 is 10.2 Å². The molecule has 30 heavy (non-hydrogen) atoms. The van der Waals surface area contributed by atoms with E-state index in [0.717, 1.165) is 33.5 Å². The third kappa shape index (κ3) is 4.03. The molecule has 0 saturated carbocycles. The first-order chi connectivity index (χ1) is 14.5. The van der Waals surface area contributed by atoms with Crippen molar-refractivity contribution < 1.29 is 9.59 Å². The molecule has 1 unspecified atom stereocenters. The molecule has 1 N–H and O–H groups in total. The van der Waals surface area contributed by atoms with Crippen LogP contribution in [-0.2, 0) is 9.59 Å². The molecule has 1 heterocycles. The van der Waals surface area contributed by atoms with Crippen molar-refractivity contribution in [2.45, 2.75) is 26.3 Å². The van der Waals surface area contributed by atoms with E-state index in [9.17, 15) is 9.59 Å². The summed E-state index contributed by atoms with van der Waals surface area (Å²) in [5.41, 5.74) is 6.06. The molecule has 0 aromatic heterocycles. The highest BCUT2D eigenvalue weighted by atomic mass is 16.2. The van der Waals surface area contributed by atoms with Gasteiger partial charge >= 0.3 is 0 Å². The Morgan fingerprint density at radius 2 is 1.67 bits per heavy atom. The summed E-state index contributed by atoms with van der Waals surface area (Å²) in [6, 6.07) is 23.7. The summed E-state index contributed by atoms with van der Waals surface area (Å²) in [6.45, 7) is 3.51. The topological polar surface area (TPSA) is 49.4 Å². The van der Waals surface area contributed by atoms with Gasteiger partial charge in [0.2, 0.25) is 11.8 Å². The number of nitrogens with one attached hydrogen (secondary N) is 1. The van der Waals surface area contributed by atoms with Gasteiger partial charge in [-0.25, -0.2) is 0 Å². The van der Waals surface area contributed by atoms with Crippen LogP contribution < -0.4 is 5.32 Å². The number of anilines is 1. The molecule has 0 fully saturated rings. The first-order valence-electron chi connectivity index (χ1n) is 10.0. The molecule has 2 amide bonds. The lowest BCUT2D eigenvalue weighted by atomic mass is 9.93. The van der Waals surface area contributed by atoms with Gasteiger partial charge in [0, 0.05) is 18.8 Å². The van der Waals surface area contributed by atoms with Crippen LogP contribution in [0.15, 0.2) is 79.0 Å². The van der Waals surface area contributed by atoms with E-state index in [1.165, 1.54) is 6.92 Å². The van der Waals surface area contributed by atoms with Gasteiger partial charge in [-0.3, -0.25) is 9.59 Å². The number of fused-ring (bicyclic) bond motifs is 1. The molecule has 3 aromatic rings. The molecule has 3 aromatic carbocycles.